The molecule has 0 unspecified atom stereocenters. The van der Waals surface area contributed by atoms with E-state index in [-0.39, 0.29) is 0 Å². The molecular weight excluding hydrogens is 264 g/mol. The zero-order valence-electron chi connectivity index (χ0n) is 13.1. The number of nitrogens with zero attached hydrogens (tertiary/aromatic N) is 3. The summed E-state index contributed by atoms with van der Waals surface area (Å²) in [5.41, 5.74) is 2.28. The molecule has 0 aliphatic carbocycles. The summed E-state index contributed by atoms with van der Waals surface area (Å²) in [6, 6.07) is 4.14. The molecule has 5 nitrogen and oxygen atoms in total. The maximum absolute atomic E-state index is 5.85. The van der Waals surface area contributed by atoms with Gasteiger partial charge in [-0.1, -0.05) is 20.3 Å². The van der Waals surface area contributed by atoms with Gasteiger partial charge in [-0.15, -0.1) is 0 Å². The first kappa shape index (κ1) is 15.5. The van der Waals surface area contributed by atoms with Crippen LogP contribution in [0.3, 0.4) is 0 Å². The normalized spacial score (nSPS) is 10.8. The molecule has 0 aliphatic heterocycles. The molecule has 0 saturated carbocycles. The van der Waals surface area contributed by atoms with Crippen LogP contribution in [0.2, 0.25) is 0 Å². The molecule has 2 aromatic rings. The molecule has 0 radical (unpaired) electrons. The summed E-state index contributed by atoms with van der Waals surface area (Å²) in [6.07, 6.45) is 5.65. The summed E-state index contributed by atoms with van der Waals surface area (Å²) in [5.74, 6) is 1.37. The molecule has 2 rings (SSSR count). The third-order valence-electron chi connectivity index (χ3n) is 3.16. The molecule has 21 heavy (non-hydrogen) atoms. The zero-order chi connectivity index (χ0) is 15.1. The van der Waals surface area contributed by atoms with E-state index in [9.17, 15) is 0 Å². The fourth-order valence-corrected chi connectivity index (χ4v) is 2.12. The number of ether oxygens (including phenoxy) is 1. The highest BCUT2D eigenvalue weighted by atomic mass is 16.5. The van der Waals surface area contributed by atoms with Crippen molar-refractivity contribution in [2.45, 2.75) is 46.7 Å². The van der Waals surface area contributed by atoms with Crippen LogP contribution in [0.25, 0.3) is 0 Å². The highest BCUT2D eigenvalue weighted by molar-refractivity contribution is 5.29. The molecule has 0 fully saturated rings. The summed E-state index contributed by atoms with van der Waals surface area (Å²) >= 11 is 0. The van der Waals surface area contributed by atoms with E-state index in [1.807, 2.05) is 23.9 Å². The van der Waals surface area contributed by atoms with Gasteiger partial charge in [-0.2, -0.15) is 5.10 Å². The lowest BCUT2D eigenvalue weighted by molar-refractivity contribution is 0.458. The van der Waals surface area contributed by atoms with Gasteiger partial charge in [-0.25, -0.2) is 4.98 Å². The van der Waals surface area contributed by atoms with Gasteiger partial charge in [-0.05, 0) is 31.5 Å². The van der Waals surface area contributed by atoms with Crippen LogP contribution in [0, 0.1) is 0 Å². The van der Waals surface area contributed by atoms with E-state index in [0.717, 1.165) is 43.9 Å². The predicted octanol–water partition coefficient (Wildman–Crippen LogP) is 3.15. The smallest absolute Gasteiger partial charge is 0.219 e. The van der Waals surface area contributed by atoms with Gasteiger partial charge in [-0.3, -0.25) is 4.68 Å². The number of aryl methyl sites for hydroxylation is 2. The van der Waals surface area contributed by atoms with E-state index >= 15 is 0 Å². The summed E-state index contributed by atoms with van der Waals surface area (Å²) < 4.78 is 7.68. The maximum Gasteiger partial charge on any atom is 0.219 e. The van der Waals surface area contributed by atoms with Crippen molar-refractivity contribution in [3.05, 3.63) is 35.8 Å². The van der Waals surface area contributed by atoms with Crippen molar-refractivity contribution in [2.24, 2.45) is 0 Å². The second kappa shape index (κ2) is 7.78. The summed E-state index contributed by atoms with van der Waals surface area (Å²) in [6.45, 7) is 8.92. The van der Waals surface area contributed by atoms with Crippen LogP contribution >= 0.6 is 0 Å². The third kappa shape index (κ3) is 4.56. The zero-order valence-corrected chi connectivity index (χ0v) is 13.1. The van der Waals surface area contributed by atoms with E-state index in [4.69, 9.17) is 4.74 Å². The van der Waals surface area contributed by atoms with Crippen LogP contribution in [0.1, 0.15) is 38.4 Å². The Kier molecular flexibility index (Phi) is 5.75. The Morgan fingerprint density at radius 2 is 2.10 bits per heavy atom. The van der Waals surface area contributed by atoms with Gasteiger partial charge in [0.25, 0.3) is 0 Å². The second-order valence-electron chi connectivity index (χ2n) is 4.97. The molecule has 2 heterocycles. The molecule has 0 bridgehead atoms. The highest BCUT2D eigenvalue weighted by Gasteiger charge is 2.06. The molecule has 2 aromatic heterocycles. The molecule has 0 aliphatic rings. The van der Waals surface area contributed by atoms with Crippen LogP contribution < -0.4 is 10.1 Å². The van der Waals surface area contributed by atoms with E-state index in [2.05, 4.69) is 35.3 Å². The number of aromatic nitrogens is 3. The Balaban J connectivity index is 2.17. The SMILES string of the molecule is CCCc1cc(CNCC)cc(Oc2cnn(CC)c2)n1. The van der Waals surface area contributed by atoms with Crippen molar-refractivity contribution >= 4 is 0 Å². The van der Waals surface area contributed by atoms with Crippen LogP contribution in [0.4, 0.5) is 0 Å². The molecule has 0 atom stereocenters. The van der Waals surface area contributed by atoms with Gasteiger partial charge in [0.15, 0.2) is 5.75 Å². The minimum atomic E-state index is 0.643. The quantitative estimate of drug-likeness (QED) is 0.810. The van der Waals surface area contributed by atoms with E-state index in [0.29, 0.717) is 5.88 Å². The molecule has 0 amide bonds. The Labute approximate surface area is 126 Å². The second-order valence-corrected chi connectivity index (χ2v) is 4.97. The van der Waals surface area contributed by atoms with Crippen LogP contribution in [0.15, 0.2) is 24.5 Å². The van der Waals surface area contributed by atoms with Crippen molar-refractivity contribution in [1.82, 2.24) is 20.1 Å². The monoisotopic (exact) mass is 288 g/mol. The van der Waals surface area contributed by atoms with Crippen molar-refractivity contribution < 1.29 is 4.74 Å². The number of hydrogen-bond donors (Lipinski definition) is 1. The van der Waals surface area contributed by atoms with Crippen molar-refractivity contribution in [1.29, 1.82) is 0 Å². The average Bonchev–Trinajstić information content (AvgIpc) is 2.93. The van der Waals surface area contributed by atoms with E-state index in [1.165, 1.54) is 5.56 Å². The van der Waals surface area contributed by atoms with Crippen molar-refractivity contribution in [3.63, 3.8) is 0 Å². The largest absolute Gasteiger partial charge is 0.436 e. The van der Waals surface area contributed by atoms with Gasteiger partial charge < -0.3 is 10.1 Å². The van der Waals surface area contributed by atoms with Crippen LogP contribution in [-0.2, 0) is 19.5 Å². The lowest BCUT2D eigenvalue weighted by Gasteiger charge is -2.09. The Morgan fingerprint density at radius 1 is 1.24 bits per heavy atom. The fraction of sp³-hybridized carbons (Fsp3) is 0.500. The average molecular weight is 288 g/mol. The van der Waals surface area contributed by atoms with Gasteiger partial charge in [0.2, 0.25) is 5.88 Å². The molecule has 0 aromatic carbocycles. The first-order valence-corrected chi connectivity index (χ1v) is 7.66. The maximum atomic E-state index is 5.85. The number of pyridine rings is 1. The molecular formula is C16H24N4O. The molecule has 0 saturated heterocycles. The summed E-state index contributed by atoms with van der Waals surface area (Å²) in [4.78, 5) is 4.57. The summed E-state index contributed by atoms with van der Waals surface area (Å²) in [5, 5.41) is 7.55. The van der Waals surface area contributed by atoms with E-state index < -0.39 is 0 Å². The van der Waals surface area contributed by atoms with E-state index in [1.54, 1.807) is 6.20 Å². The first-order valence-electron chi connectivity index (χ1n) is 7.66. The lowest BCUT2D eigenvalue weighted by atomic mass is 10.1. The topological polar surface area (TPSA) is 52.0 Å². The minimum Gasteiger partial charge on any atom is -0.436 e. The first-order chi connectivity index (χ1) is 10.2. The summed E-state index contributed by atoms with van der Waals surface area (Å²) in [7, 11) is 0. The van der Waals surface area contributed by atoms with Gasteiger partial charge in [0.05, 0.1) is 12.4 Å². The van der Waals surface area contributed by atoms with Crippen LogP contribution in [-0.4, -0.2) is 21.3 Å². The van der Waals surface area contributed by atoms with Crippen molar-refractivity contribution in [2.75, 3.05) is 6.54 Å². The van der Waals surface area contributed by atoms with Crippen molar-refractivity contribution in [3.8, 4) is 11.6 Å². The van der Waals surface area contributed by atoms with Gasteiger partial charge in [0, 0.05) is 24.8 Å². The number of rotatable bonds is 8. The number of hydrogen-bond acceptors (Lipinski definition) is 4. The Morgan fingerprint density at radius 3 is 2.76 bits per heavy atom. The molecule has 0 spiro atoms. The van der Waals surface area contributed by atoms with Gasteiger partial charge in [0.1, 0.15) is 0 Å². The third-order valence-corrected chi connectivity index (χ3v) is 3.16. The highest BCUT2D eigenvalue weighted by Crippen LogP contribution is 2.21. The Hall–Kier alpha value is -1.88. The molecule has 114 valence electrons. The lowest BCUT2D eigenvalue weighted by Crippen LogP contribution is -2.12. The molecule has 1 N–H and O–H groups in total. The predicted molar refractivity (Wildman–Crippen MR) is 83.6 cm³/mol. The number of nitrogens with one attached hydrogen (secondary N) is 1. The van der Waals surface area contributed by atoms with Gasteiger partial charge >= 0.3 is 0 Å². The molecule has 5 heteroatoms. The van der Waals surface area contributed by atoms with Crippen LogP contribution in [0.5, 0.6) is 11.6 Å². The fourth-order valence-electron chi connectivity index (χ4n) is 2.12. The Bertz CT molecular complexity index is 565. The standard InChI is InChI=1S/C16H24N4O/c1-4-7-14-8-13(10-17-5-2)9-16(19-14)21-15-11-18-20(6-3)12-15/h8-9,11-12,17H,4-7,10H2,1-3H3. The minimum absolute atomic E-state index is 0.643.